The van der Waals surface area contributed by atoms with Gasteiger partial charge in [-0.25, -0.2) is 4.79 Å². The number of nitrogens with one attached hydrogen (secondary N) is 1. The number of benzene rings is 1. The van der Waals surface area contributed by atoms with Gasteiger partial charge in [0, 0.05) is 19.6 Å². The van der Waals surface area contributed by atoms with Crippen LogP contribution in [0.4, 0.5) is 4.79 Å². The molecule has 1 amide bonds. The zero-order valence-corrected chi connectivity index (χ0v) is 13.1. The highest BCUT2D eigenvalue weighted by Crippen LogP contribution is 2.27. The van der Waals surface area contributed by atoms with E-state index in [9.17, 15) is 4.79 Å². The molecule has 4 nitrogen and oxygen atoms in total. The van der Waals surface area contributed by atoms with Crippen LogP contribution in [0.25, 0.3) is 6.08 Å². The molecule has 1 aliphatic heterocycles. The molecule has 0 aliphatic carbocycles. The number of rotatable bonds is 2. The minimum absolute atomic E-state index is 0.0252. The van der Waals surface area contributed by atoms with Crippen LogP contribution >= 0.6 is 0 Å². The molecule has 1 saturated heterocycles. The van der Waals surface area contributed by atoms with E-state index >= 15 is 0 Å². The predicted octanol–water partition coefficient (Wildman–Crippen LogP) is 3.21. The van der Waals surface area contributed by atoms with Crippen LogP contribution < -0.4 is 5.32 Å². The summed E-state index contributed by atoms with van der Waals surface area (Å²) >= 11 is 0. The van der Waals surface area contributed by atoms with Crippen LogP contribution in [0.3, 0.4) is 0 Å². The molecule has 1 atom stereocenters. The molecule has 4 heteroatoms. The van der Waals surface area contributed by atoms with Gasteiger partial charge < -0.3 is 10.1 Å². The SMILES string of the molecule is C=Cc1ccccc1[C@@H]1CNCCN1C(=O)OC(C)(C)C. The second-order valence-electron chi connectivity index (χ2n) is 6.23. The molecule has 0 unspecified atom stereocenters. The van der Waals surface area contributed by atoms with Crippen molar-refractivity contribution in [3.63, 3.8) is 0 Å². The summed E-state index contributed by atoms with van der Waals surface area (Å²) in [5, 5.41) is 3.35. The maximum Gasteiger partial charge on any atom is 0.410 e. The lowest BCUT2D eigenvalue weighted by Crippen LogP contribution is -2.50. The van der Waals surface area contributed by atoms with Crippen molar-refractivity contribution < 1.29 is 9.53 Å². The van der Waals surface area contributed by atoms with Gasteiger partial charge >= 0.3 is 6.09 Å². The van der Waals surface area contributed by atoms with Crippen molar-refractivity contribution in [2.24, 2.45) is 0 Å². The van der Waals surface area contributed by atoms with Gasteiger partial charge in [0.25, 0.3) is 0 Å². The monoisotopic (exact) mass is 288 g/mol. The Balaban J connectivity index is 2.27. The molecule has 0 radical (unpaired) electrons. The molecule has 114 valence electrons. The Kier molecular flexibility index (Phi) is 4.68. The van der Waals surface area contributed by atoms with E-state index in [-0.39, 0.29) is 12.1 Å². The maximum atomic E-state index is 12.4. The molecule has 0 aromatic heterocycles. The Labute approximate surface area is 126 Å². The molecule has 2 rings (SSSR count). The van der Waals surface area contributed by atoms with Gasteiger partial charge in [-0.2, -0.15) is 0 Å². The highest BCUT2D eigenvalue weighted by molar-refractivity contribution is 5.69. The quantitative estimate of drug-likeness (QED) is 0.908. The highest BCUT2D eigenvalue weighted by atomic mass is 16.6. The Hall–Kier alpha value is -1.81. The van der Waals surface area contributed by atoms with Crippen molar-refractivity contribution in [1.29, 1.82) is 0 Å². The van der Waals surface area contributed by atoms with Crippen LogP contribution in [0.1, 0.15) is 37.9 Å². The summed E-state index contributed by atoms with van der Waals surface area (Å²) in [4.78, 5) is 14.3. The number of amides is 1. The third-order valence-electron chi connectivity index (χ3n) is 3.45. The highest BCUT2D eigenvalue weighted by Gasteiger charge is 2.32. The normalized spacial score (nSPS) is 19.2. The van der Waals surface area contributed by atoms with Gasteiger partial charge in [0.15, 0.2) is 0 Å². The Morgan fingerprint density at radius 3 is 2.81 bits per heavy atom. The molecular formula is C17H24N2O2. The summed E-state index contributed by atoms with van der Waals surface area (Å²) in [5.41, 5.74) is 1.68. The molecule has 0 spiro atoms. The Morgan fingerprint density at radius 2 is 2.14 bits per heavy atom. The van der Waals surface area contributed by atoms with E-state index < -0.39 is 5.60 Å². The fourth-order valence-corrected chi connectivity index (χ4v) is 2.52. The topological polar surface area (TPSA) is 41.6 Å². The van der Waals surface area contributed by atoms with E-state index in [1.807, 2.05) is 56.0 Å². The third kappa shape index (κ3) is 3.85. The standard InChI is InChI=1S/C17H24N2O2/c1-5-13-8-6-7-9-14(13)15-12-18-10-11-19(15)16(20)21-17(2,3)4/h5-9,15,18H,1,10-12H2,2-4H3/t15-/m0/s1. The minimum atomic E-state index is -0.482. The van der Waals surface area contributed by atoms with Crippen LogP contribution in [-0.2, 0) is 4.74 Å². The van der Waals surface area contributed by atoms with E-state index in [0.717, 1.165) is 24.2 Å². The van der Waals surface area contributed by atoms with Gasteiger partial charge in [0.2, 0.25) is 0 Å². The van der Waals surface area contributed by atoms with E-state index in [1.54, 1.807) is 0 Å². The molecule has 0 bridgehead atoms. The first kappa shape index (κ1) is 15.6. The summed E-state index contributed by atoms with van der Waals surface area (Å²) < 4.78 is 5.54. The fraction of sp³-hybridized carbons (Fsp3) is 0.471. The first-order valence-corrected chi connectivity index (χ1v) is 7.34. The van der Waals surface area contributed by atoms with Gasteiger partial charge in [-0.05, 0) is 31.9 Å². The van der Waals surface area contributed by atoms with Crippen LogP contribution in [-0.4, -0.2) is 36.2 Å². The van der Waals surface area contributed by atoms with Gasteiger partial charge in [-0.1, -0.05) is 36.9 Å². The van der Waals surface area contributed by atoms with Gasteiger partial charge in [-0.15, -0.1) is 0 Å². The number of carbonyl (C=O) groups excluding carboxylic acids is 1. The van der Waals surface area contributed by atoms with E-state index in [1.165, 1.54) is 0 Å². The predicted molar refractivity (Wildman–Crippen MR) is 85.1 cm³/mol. The van der Waals surface area contributed by atoms with Crippen molar-refractivity contribution in [2.75, 3.05) is 19.6 Å². The van der Waals surface area contributed by atoms with E-state index in [2.05, 4.69) is 11.9 Å². The van der Waals surface area contributed by atoms with Gasteiger partial charge in [-0.3, -0.25) is 4.90 Å². The van der Waals surface area contributed by atoms with Crippen molar-refractivity contribution in [3.8, 4) is 0 Å². The van der Waals surface area contributed by atoms with Crippen molar-refractivity contribution in [1.82, 2.24) is 10.2 Å². The second-order valence-corrected chi connectivity index (χ2v) is 6.23. The summed E-state index contributed by atoms with van der Waals surface area (Å²) in [6, 6.07) is 8.01. The van der Waals surface area contributed by atoms with Gasteiger partial charge in [0.05, 0.1) is 6.04 Å². The largest absolute Gasteiger partial charge is 0.444 e. The molecule has 1 fully saturated rings. The lowest BCUT2D eigenvalue weighted by Gasteiger charge is -2.38. The molecule has 0 saturated carbocycles. The molecule has 21 heavy (non-hydrogen) atoms. The number of piperazine rings is 1. The number of hydrogen-bond acceptors (Lipinski definition) is 3. The number of hydrogen-bond donors (Lipinski definition) is 1. The summed E-state index contributed by atoms with van der Waals surface area (Å²) in [6.07, 6.45) is 1.57. The summed E-state index contributed by atoms with van der Waals surface area (Å²) in [6.45, 7) is 11.7. The molecular weight excluding hydrogens is 264 g/mol. The van der Waals surface area contributed by atoms with Crippen LogP contribution in [0.15, 0.2) is 30.8 Å². The van der Waals surface area contributed by atoms with Crippen molar-refractivity contribution >= 4 is 12.2 Å². The van der Waals surface area contributed by atoms with Gasteiger partial charge in [0.1, 0.15) is 5.60 Å². The number of nitrogens with zero attached hydrogens (tertiary/aromatic N) is 1. The Bertz CT molecular complexity index is 520. The molecule has 1 heterocycles. The summed E-state index contributed by atoms with van der Waals surface area (Å²) in [7, 11) is 0. The average molecular weight is 288 g/mol. The second kappa shape index (κ2) is 6.31. The van der Waals surface area contributed by atoms with Crippen LogP contribution in [0.5, 0.6) is 0 Å². The van der Waals surface area contributed by atoms with Crippen molar-refractivity contribution in [2.45, 2.75) is 32.4 Å². The first-order valence-electron chi connectivity index (χ1n) is 7.34. The molecule has 1 aliphatic rings. The summed E-state index contributed by atoms with van der Waals surface area (Å²) in [5.74, 6) is 0. The lowest BCUT2D eigenvalue weighted by atomic mass is 9.98. The third-order valence-corrected chi connectivity index (χ3v) is 3.45. The smallest absolute Gasteiger partial charge is 0.410 e. The lowest BCUT2D eigenvalue weighted by molar-refractivity contribution is 0.0118. The Morgan fingerprint density at radius 1 is 1.43 bits per heavy atom. The number of carbonyl (C=O) groups is 1. The zero-order chi connectivity index (χ0) is 15.5. The average Bonchev–Trinajstić information content (AvgIpc) is 2.45. The molecule has 1 aromatic carbocycles. The first-order chi connectivity index (χ1) is 9.92. The maximum absolute atomic E-state index is 12.4. The van der Waals surface area contributed by atoms with Crippen LogP contribution in [0, 0.1) is 0 Å². The van der Waals surface area contributed by atoms with E-state index in [0.29, 0.717) is 6.54 Å². The molecule has 1 N–H and O–H groups in total. The fourth-order valence-electron chi connectivity index (χ4n) is 2.52. The molecule has 1 aromatic rings. The zero-order valence-electron chi connectivity index (χ0n) is 13.1. The number of ether oxygens (including phenoxy) is 1. The van der Waals surface area contributed by atoms with Crippen LogP contribution in [0.2, 0.25) is 0 Å². The van der Waals surface area contributed by atoms with E-state index in [4.69, 9.17) is 4.74 Å². The van der Waals surface area contributed by atoms with Crippen molar-refractivity contribution in [3.05, 3.63) is 42.0 Å². The minimum Gasteiger partial charge on any atom is -0.444 e.